The van der Waals surface area contributed by atoms with Crippen molar-refractivity contribution >= 4 is 22.6 Å². The molecule has 0 radical (unpaired) electrons. The Hall–Kier alpha value is -0.330. The Labute approximate surface area is 92.5 Å². The van der Waals surface area contributed by atoms with Crippen LogP contribution in [-0.2, 0) is 6.42 Å². The third kappa shape index (κ3) is 4.26. The first-order valence-electron chi connectivity index (χ1n) is 3.88. The number of halogens is 5. The van der Waals surface area contributed by atoms with Gasteiger partial charge < -0.3 is 0 Å². The van der Waals surface area contributed by atoms with E-state index in [0.29, 0.717) is 9.13 Å². The molecule has 0 N–H and O–H groups in total. The summed E-state index contributed by atoms with van der Waals surface area (Å²) in [5, 5.41) is 0. The molecule has 0 aromatic heterocycles. The number of alkyl halides is 3. The summed E-state index contributed by atoms with van der Waals surface area (Å²) in [6, 6.07) is 3.96. The summed E-state index contributed by atoms with van der Waals surface area (Å²) in [4.78, 5) is 0. The second-order valence-corrected chi connectivity index (χ2v) is 4.14. The van der Waals surface area contributed by atoms with Crippen molar-refractivity contribution in [3.8, 4) is 0 Å². The van der Waals surface area contributed by atoms with Crippen LogP contribution in [0.25, 0.3) is 0 Å². The summed E-state index contributed by atoms with van der Waals surface area (Å²) in [7, 11) is 0. The Morgan fingerprint density at radius 3 is 2.29 bits per heavy atom. The van der Waals surface area contributed by atoms with Crippen LogP contribution in [-0.4, -0.2) is 6.18 Å². The van der Waals surface area contributed by atoms with Gasteiger partial charge >= 0.3 is 6.18 Å². The predicted molar refractivity (Wildman–Crippen MR) is 53.5 cm³/mol. The fourth-order valence-corrected chi connectivity index (χ4v) is 1.74. The van der Waals surface area contributed by atoms with Crippen molar-refractivity contribution < 1.29 is 17.6 Å². The molecule has 5 heteroatoms. The minimum atomic E-state index is -4.18. The number of aryl methyl sites for hydroxylation is 1. The maximum atomic E-state index is 12.8. The first-order valence-corrected chi connectivity index (χ1v) is 4.96. The molecule has 0 aliphatic rings. The molecule has 0 saturated carbocycles. The molecule has 0 amide bonds. The van der Waals surface area contributed by atoms with E-state index in [0.717, 1.165) is 6.07 Å². The van der Waals surface area contributed by atoms with Gasteiger partial charge in [0.1, 0.15) is 5.82 Å². The fraction of sp³-hybridized carbons (Fsp3) is 0.333. The van der Waals surface area contributed by atoms with Gasteiger partial charge in [0, 0.05) is 9.99 Å². The Morgan fingerprint density at radius 2 is 1.79 bits per heavy atom. The van der Waals surface area contributed by atoms with E-state index in [1.807, 2.05) is 22.6 Å². The van der Waals surface area contributed by atoms with Gasteiger partial charge in [0.05, 0.1) is 0 Å². The molecule has 1 rings (SSSR count). The summed E-state index contributed by atoms with van der Waals surface area (Å²) in [5.74, 6) is -0.492. The summed E-state index contributed by atoms with van der Waals surface area (Å²) in [6.07, 6.45) is -5.26. The van der Waals surface area contributed by atoms with Crippen LogP contribution in [0.3, 0.4) is 0 Å². The van der Waals surface area contributed by atoms with E-state index in [1.54, 1.807) is 6.07 Å². The zero-order valence-corrected chi connectivity index (χ0v) is 9.19. The molecule has 0 unspecified atom stereocenters. The van der Waals surface area contributed by atoms with Crippen LogP contribution in [0, 0.1) is 9.39 Å². The van der Waals surface area contributed by atoms with E-state index in [9.17, 15) is 17.6 Å². The van der Waals surface area contributed by atoms with Crippen LogP contribution in [0.2, 0.25) is 0 Å². The first-order chi connectivity index (χ1) is 6.37. The lowest BCUT2D eigenvalue weighted by atomic mass is 10.1. The van der Waals surface area contributed by atoms with Crippen molar-refractivity contribution in [2.24, 2.45) is 0 Å². The average Bonchev–Trinajstić information content (AvgIpc) is 1.97. The maximum absolute atomic E-state index is 12.8. The first kappa shape index (κ1) is 11.7. The molecule has 0 heterocycles. The van der Waals surface area contributed by atoms with Crippen molar-refractivity contribution in [2.45, 2.75) is 19.0 Å². The highest BCUT2D eigenvalue weighted by Gasteiger charge is 2.26. The quantitative estimate of drug-likeness (QED) is 0.573. The molecule has 0 nitrogen and oxygen atoms in total. The minimum absolute atomic E-state index is 0.169. The molecule has 0 bridgehead atoms. The molecule has 78 valence electrons. The summed E-state index contributed by atoms with van der Waals surface area (Å²) in [5.41, 5.74) is 0.381. The van der Waals surface area contributed by atoms with Crippen molar-refractivity contribution in [3.05, 3.63) is 33.1 Å². The topological polar surface area (TPSA) is 0 Å². The Kier molecular flexibility index (Phi) is 3.74. The van der Waals surface area contributed by atoms with Gasteiger partial charge in [-0.15, -0.1) is 0 Å². The number of hydrogen-bond acceptors (Lipinski definition) is 0. The molecule has 1 aromatic carbocycles. The molecule has 14 heavy (non-hydrogen) atoms. The lowest BCUT2D eigenvalue weighted by Crippen LogP contribution is -2.08. The van der Waals surface area contributed by atoms with E-state index in [-0.39, 0.29) is 6.42 Å². The summed E-state index contributed by atoms with van der Waals surface area (Å²) in [6.45, 7) is 0. The van der Waals surface area contributed by atoms with Crippen LogP contribution in [0.5, 0.6) is 0 Å². The van der Waals surface area contributed by atoms with Crippen LogP contribution >= 0.6 is 22.6 Å². The van der Waals surface area contributed by atoms with Crippen LogP contribution < -0.4 is 0 Å². The van der Waals surface area contributed by atoms with Gasteiger partial charge in [-0.2, -0.15) is 13.2 Å². The minimum Gasteiger partial charge on any atom is -0.207 e. The van der Waals surface area contributed by atoms with Gasteiger partial charge in [-0.1, -0.05) is 0 Å². The highest BCUT2D eigenvalue weighted by atomic mass is 127. The Bertz CT molecular complexity index is 299. The highest BCUT2D eigenvalue weighted by molar-refractivity contribution is 14.1. The van der Waals surface area contributed by atoms with Crippen molar-refractivity contribution in [3.63, 3.8) is 0 Å². The average molecular weight is 318 g/mol. The third-order valence-corrected chi connectivity index (χ3v) is 2.24. The van der Waals surface area contributed by atoms with E-state index >= 15 is 0 Å². The molecular formula is C9H7F4I. The van der Waals surface area contributed by atoms with Gasteiger partial charge in [0.2, 0.25) is 0 Å². The zero-order chi connectivity index (χ0) is 10.8. The number of benzene rings is 1. The van der Waals surface area contributed by atoms with Crippen LogP contribution in [0.1, 0.15) is 12.0 Å². The molecular weight excluding hydrogens is 311 g/mol. The van der Waals surface area contributed by atoms with Gasteiger partial charge in [0.15, 0.2) is 0 Å². The largest absolute Gasteiger partial charge is 0.389 e. The Morgan fingerprint density at radius 1 is 1.14 bits per heavy atom. The second-order valence-electron chi connectivity index (χ2n) is 2.89. The smallest absolute Gasteiger partial charge is 0.207 e. The molecule has 0 spiro atoms. The molecule has 0 atom stereocenters. The van der Waals surface area contributed by atoms with Gasteiger partial charge in [0.25, 0.3) is 0 Å². The van der Waals surface area contributed by atoms with Gasteiger partial charge in [-0.3, -0.25) is 0 Å². The fourth-order valence-electron chi connectivity index (χ4n) is 1.04. The van der Waals surface area contributed by atoms with Crippen molar-refractivity contribution in [1.29, 1.82) is 0 Å². The molecule has 0 aliphatic heterocycles. The van der Waals surface area contributed by atoms with Crippen LogP contribution in [0.4, 0.5) is 17.6 Å². The molecule has 0 aliphatic carbocycles. The summed E-state index contributed by atoms with van der Waals surface area (Å²) < 4.78 is 48.9. The van der Waals surface area contributed by atoms with E-state index < -0.39 is 18.4 Å². The zero-order valence-electron chi connectivity index (χ0n) is 7.04. The monoisotopic (exact) mass is 318 g/mol. The molecule has 0 saturated heterocycles. The lowest BCUT2D eigenvalue weighted by Gasteiger charge is -2.06. The maximum Gasteiger partial charge on any atom is 0.389 e. The summed E-state index contributed by atoms with van der Waals surface area (Å²) >= 11 is 1.87. The number of hydrogen-bond donors (Lipinski definition) is 0. The second kappa shape index (κ2) is 4.46. The molecule has 1 aromatic rings. The van der Waals surface area contributed by atoms with Crippen molar-refractivity contribution in [1.82, 2.24) is 0 Å². The predicted octanol–water partition coefficient (Wildman–Crippen LogP) is 3.93. The van der Waals surface area contributed by atoms with Crippen LogP contribution in [0.15, 0.2) is 18.2 Å². The molecule has 0 fully saturated rings. The lowest BCUT2D eigenvalue weighted by molar-refractivity contribution is -0.134. The van der Waals surface area contributed by atoms with E-state index in [4.69, 9.17) is 0 Å². The normalized spacial score (nSPS) is 11.8. The number of rotatable bonds is 2. The third-order valence-electron chi connectivity index (χ3n) is 1.62. The van der Waals surface area contributed by atoms with Gasteiger partial charge in [-0.25, -0.2) is 4.39 Å². The van der Waals surface area contributed by atoms with Crippen molar-refractivity contribution in [2.75, 3.05) is 0 Å². The highest BCUT2D eigenvalue weighted by Crippen LogP contribution is 2.23. The SMILES string of the molecule is Fc1cc(I)cc(CCC(F)(F)F)c1. The van der Waals surface area contributed by atoms with E-state index in [1.165, 1.54) is 6.07 Å². The van der Waals surface area contributed by atoms with E-state index in [2.05, 4.69) is 0 Å². The van der Waals surface area contributed by atoms with Gasteiger partial charge in [-0.05, 0) is 52.8 Å². The standard InChI is InChI=1S/C9H7F4I/c10-7-3-6(4-8(14)5-7)1-2-9(11,12)13/h3-5H,1-2H2. The Balaban J connectivity index is 2.68.